The van der Waals surface area contributed by atoms with E-state index < -0.39 is 6.43 Å². The normalized spacial score (nSPS) is 17.8. The highest BCUT2D eigenvalue weighted by Gasteiger charge is 2.40. The van der Waals surface area contributed by atoms with E-state index in [1.807, 2.05) is 0 Å². The Hall–Kier alpha value is -0.365. The molecule has 3 nitrogen and oxygen atoms in total. The van der Waals surface area contributed by atoms with Gasteiger partial charge in [-0.15, -0.1) is 0 Å². The molecule has 0 aromatic heterocycles. The second kappa shape index (κ2) is 8.48. The maximum absolute atomic E-state index is 12.0. The van der Waals surface area contributed by atoms with Gasteiger partial charge in [-0.3, -0.25) is 0 Å². The summed E-state index contributed by atoms with van der Waals surface area (Å²) in [4.78, 5) is 0. The minimum absolute atomic E-state index is 0.0440. The van der Waals surface area contributed by atoms with Crippen molar-refractivity contribution in [3.8, 4) is 0 Å². The van der Waals surface area contributed by atoms with Crippen LogP contribution in [0, 0.1) is 0 Å². The molecule has 1 fully saturated rings. The molecule has 0 N–H and O–H groups in total. The highest BCUT2D eigenvalue weighted by atomic mass is 79.9. The quantitative estimate of drug-likeness (QED) is 0.699. The first-order chi connectivity index (χ1) is 10.2. The number of nitrogens with zero attached hydrogens (tertiary/aromatic N) is 3. The van der Waals surface area contributed by atoms with Crippen LogP contribution in [0.5, 0.6) is 0 Å². The zero-order valence-corrected chi connectivity index (χ0v) is 15.7. The molecule has 1 aliphatic rings. The van der Waals surface area contributed by atoms with E-state index in [0.717, 1.165) is 0 Å². The smallest absolute Gasteiger partial charge is 0.286 e. The van der Waals surface area contributed by atoms with Crippen LogP contribution >= 0.6 is 15.9 Å². The number of halogens is 3. The molecule has 0 radical (unpaired) electrons. The predicted octanol–water partition coefficient (Wildman–Crippen LogP) is 3.54. The van der Waals surface area contributed by atoms with Gasteiger partial charge in [-0.05, 0) is 27.2 Å². The summed E-state index contributed by atoms with van der Waals surface area (Å²) in [7, 11) is 6.52. The molecule has 0 bridgehead atoms. The molecule has 0 amide bonds. The van der Waals surface area contributed by atoms with E-state index in [2.05, 4.69) is 71.7 Å². The summed E-state index contributed by atoms with van der Waals surface area (Å²) in [5, 5.41) is 0. The summed E-state index contributed by atoms with van der Waals surface area (Å²) in [6.45, 7) is 8.35. The van der Waals surface area contributed by atoms with Gasteiger partial charge in [0.2, 0.25) is 0 Å². The van der Waals surface area contributed by atoms with Crippen molar-refractivity contribution in [1.29, 1.82) is 0 Å². The molecule has 0 saturated carbocycles. The zero-order valence-electron chi connectivity index (χ0n) is 14.1. The van der Waals surface area contributed by atoms with Gasteiger partial charge in [0.05, 0.1) is 0 Å². The molecule has 0 aliphatic carbocycles. The highest BCUT2D eigenvalue weighted by Crippen LogP contribution is 2.26. The number of hydrogen-bond donors (Lipinski definition) is 0. The van der Waals surface area contributed by atoms with Crippen molar-refractivity contribution in [2.24, 2.45) is 0 Å². The average Bonchev–Trinajstić information content (AvgIpc) is 2.50. The maximum Gasteiger partial charge on any atom is 0.286 e. The molecule has 1 aromatic rings. The second-order valence-electron chi connectivity index (χ2n) is 5.71. The van der Waals surface area contributed by atoms with Gasteiger partial charge in [0, 0.05) is 10.0 Å². The molecule has 0 atom stereocenters. The Morgan fingerprint density at radius 2 is 1.23 bits per heavy atom. The molecule has 1 aliphatic heterocycles. The van der Waals surface area contributed by atoms with Crippen LogP contribution in [0.25, 0.3) is 0 Å². The van der Waals surface area contributed by atoms with E-state index in [9.17, 15) is 8.78 Å². The molecule has 120 valence electrons. The van der Waals surface area contributed by atoms with Crippen LogP contribution in [0.2, 0.25) is 20.5 Å². The van der Waals surface area contributed by atoms with Crippen molar-refractivity contribution in [1.82, 2.24) is 14.2 Å². The van der Waals surface area contributed by atoms with Gasteiger partial charge in [0.25, 0.3) is 27.4 Å². The van der Waals surface area contributed by atoms with Crippen molar-refractivity contribution in [2.75, 3.05) is 21.1 Å². The lowest BCUT2D eigenvalue weighted by Crippen LogP contribution is -2.72. The van der Waals surface area contributed by atoms with Gasteiger partial charge in [-0.1, -0.05) is 54.6 Å². The second-order valence-corrected chi connectivity index (χ2v) is 6.57. The molecular formula is C13H23B3BrF2N3. The molecule has 2 rings (SSSR count). The fraction of sp³-hybridized carbons (Fsp3) is 0.538. The molecule has 0 spiro atoms. The number of hydrogen-bond acceptors (Lipinski definition) is 3. The first kappa shape index (κ1) is 19.7. The van der Waals surface area contributed by atoms with Gasteiger partial charge < -0.3 is 14.2 Å². The molecule has 1 aromatic carbocycles. The number of benzene rings is 1. The van der Waals surface area contributed by atoms with Gasteiger partial charge in [0.15, 0.2) is 0 Å². The Balaban J connectivity index is 0.000000224. The van der Waals surface area contributed by atoms with Crippen LogP contribution in [-0.2, 0) is 0 Å². The fourth-order valence-corrected chi connectivity index (χ4v) is 2.91. The van der Waals surface area contributed by atoms with Gasteiger partial charge in [-0.25, -0.2) is 8.78 Å². The molecule has 9 heteroatoms. The molecule has 1 saturated heterocycles. The van der Waals surface area contributed by atoms with Crippen molar-refractivity contribution < 1.29 is 8.78 Å². The van der Waals surface area contributed by atoms with Crippen molar-refractivity contribution in [2.45, 2.75) is 26.9 Å². The minimum atomic E-state index is -2.39. The summed E-state index contributed by atoms with van der Waals surface area (Å²) in [5.74, 6) is 0. The Labute approximate surface area is 142 Å². The first-order valence-electron chi connectivity index (χ1n) is 7.36. The molecule has 0 unspecified atom stereocenters. The van der Waals surface area contributed by atoms with E-state index in [1.54, 1.807) is 18.2 Å². The van der Waals surface area contributed by atoms with E-state index in [0.29, 0.717) is 25.4 Å². The van der Waals surface area contributed by atoms with Gasteiger partial charge in [0.1, 0.15) is 0 Å². The Morgan fingerprint density at radius 3 is 1.50 bits per heavy atom. The molecule has 22 heavy (non-hydrogen) atoms. The zero-order chi connectivity index (χ0) is 17.0. The summed E-state index contributed by atoms with van der Waals surface area (Å²) < 4.78 is 31.6. The van der Waals surface area contributed by atoms with Crippen LogP contribution in [0.15, 0.2) is 28.7 Å². The third kappa shape index (κ3) is 4.57. The SMILES string of the molecule is CB1N(C)B(C)N(C)B(C)N1C.FC(F)c1ccccc1Br. The Morgan fingerprint density at radius 1 is 0.864 bits per heavy atom. The number of rotatable bonds is 1. The van der Waals surface area contributed by atoms with Gasteiger partial charge in [-0.2, -0.15) is 0 Å². The monoisotopic (exact) mass is 371 g/mol. The highest BCUT2D eigenvalue weighted by molar-refractivity contribution is 9.10. The summed E-state index contributed by atoms with van der Waals surface area (Å²) in [6.07, 6.45) is -2.39. The van der Waals surface area contributed by atoms with Crippen LogP contribution in [-0.4, -0.2) is 56.3 Å². The van der Waals surface area contributed by atoms with Gasteiger partial charge >= 0.3 is 0 Å². The minimum Gasteiger partial charge on any atom is -0.360 e. The predicted molar refractivity (Wildman–Crippen MR) is 97.2 cm³/mol. The van der Waals surface area contributed by atoms with Crippen LogP contribution in [0.4, 0.5) is 8.78 Å². The van der Waals surface area contributed by atoms with E-state index >= 15 is 0 Å². The van der Waals surface area contributed by atoms with Crippen LogP contribution in [0.3, 0.4) is 0 Å². The van der Waals surface area contributed by atoms with Crippen molar-refractivity contribution in [3.05, 3.63) is 34.3 Å². The fourth-order valence-electron chi connectivity index (χ4n) is 2.45. The Bertz CT molecular complexity index is 425. The summed E-state index contributed by atoms with van der Waals surface area (Å²) in [5.41, 5.74) is 0.0440. The van der Waals surface area contributed by atoms with E-state index in [4.69, 9.17) is 0 Å². The summed E-state index contributed by atoms with van der Waals surface area (Å²) >= 11 is 3.02. The number of alkyl halides is 2. The van der Waals surface area contributed by atoms with Crippen molar-refractivity contribution in [3.63, 3.8) is 0 Å². The lowest BCUT2D eigenvalue weighted by atomic mass is 9.46. The first-order valence-corrected chi connectivity index (χ1v) is 8.16. The van der Waals surface area contributed by atoms with E-state index in [-0.39, 0.29) is 5.56 Å². The molecular weight excluding hydrogens is 348 g/mol. The third-order valence-electron chi connectivity index (χ3n) is 4.68. The third-order valence-corrected chi connectivity index (χ3v) is 5.40. The van der Waals surface area contributed by atoms with Crippen molar-refractivity contribution >= 4 is 36.9 Å². The van der Waals surface area contributed by atoms with Crippen LogP contribution in [0.1, 0.15) is 12.0 Å². The van der Waals surface area contributed by atoms with Crippen LogP contribution < -0.4 is 0 Å². The summed E-state index contributed by atoms with van der Waals surface area (Å²) in [6, 6.07) is 6.29. The standard InChI is InChI=1S/C7H5BrF2.C6H18B3N3/c8-6-4-2-1-3-5(6)7(9)10;1-7-10(4)8(2)12(6)9(3)11(7)5/h1-4,7H;1-6H3. The Kier molecular flexibility index (Phi) is 7.58. The largest absolute Gasteiger partial charge is 0.360 e. The van der Waals surface area contributed by atoms with E-state index in [1.165, 1.54) is 6.07 Å². The maximum atomic E-state index is 12.0. The lowest BCUT2D eigenvalue weighted by Gasteiger charge is -2.47. The topological polar surface area (TPSA) is 9.72 Å². The average molecular weight is 372 g/mol. The molecule has 1 heterocycles. The lowest BCUT2D eigenvalue weighted by molar-refractivity contribution is 0.150.